The number of unbranched alkanes of at least 4 members (excludes halogenated alkanes) is 1. The van der Waals surface area contributed by atoms with Gasteiger partial charge in [0.2, 0.25) is 0 Å². The largest absolute Gasteiger partial charge is 0.299 e. The Kier molecular flexibility index (Phi) is 6.07. The Balaban J connectivity index is 1.53. The minimum atomic E-state index is 0.194. The van der Waals surface area contributed by atoms with E-state index in [1.165, 1.54) is 50.1 Å². The van der Waals surface area contributed by atoms with Gasteiger partial charge in [-0.1, -0.05) is 42.8 Å². The molecule has 1 aliphatic heterocycles. The van der Waals surface area contributed by atoms with Gasteiger partial charge in [-0.2, -0.15) is 11.8 Å². The normalized spacial score (nSPS) is 16.4. The summed E-state index contributed by atoms with van der Waals surface area (Å²) >= 11 is 3.94. The predicted molar refractivity (Wildman–Crippen MR) is 130 cm³/mol. The lowest BCUT2D eigenvalue weighted by Crippen LogP contribution is -2.37. The first-order valence-corrected chi connectivity index (χ1v) is 12.9. The summed E-state index contributed by atoms with van der Waals surface area (Å²) in [7, 11) is 0. The van der Waals surface area contributed by atoms with Crippen molar-refractivity contribution in [1.29, 1.82) is 0 Å². The maximum Gasteiger partial charge on any atom is 0.0913 e. The zero-order valence-corrected chi connectivity index (χ0v) is 19.1. The minimum absolute atomic E-state index is 0.194. The van der Waals surface area contributed by atoms with Crippen molar-refractivity contribution < 1.29 is 0 Å². The number of thiophene rings is 1. The van der Waals surface area contributed by atoms with Gasteiger partial charge >= 0.3 is 0 Å². The van der Waals surface area contributed by atoms with Crippen molar-refractivity contribution in [2.75, 3.05) is 31.1 Å². The molecule has 0 radical (unpaired) electrons. The van der Waals surface area contributed by atoms with Crippen LogP contribution in [-0.2, 0) is 6.42 Å². The van der Waals surface area contributed by atoms with Crippen LogP contribution in [0.15, 0.2) is 48.7 Å². The topological polar surface area (TPSA) is 34.0 Å². The fraction of sp³-hybridized carbons (Fsp3) is 0.417. The molecule has 0 saturated carbocycles. The van der Waals surface area contributed by atoms with E-state index in [0.717, 1.165) is 31.7 Å². The Hall–Kier alpha value is -1.89. The van der Waals surface area contributed by atoms with Gasteiger partial charge in [0, 0.05) is 57.5 Å². The number of thioether (sulfide) groups is 1. The quantitative estimate of drug-likeness (QED) is 0.376. The first-order chi connectivity index (χ1) is 14.8. The number of aromatic nitrogens is 3. The Morgan fingerprint density at radius 1 is 1.03 bits per heavy atom. The smallest absolute Gasteiger partial charge is 0.0913 e. The van der Waals surface area contributed by atoms with Crippen molar-refractivity contribution in [2.45, 2.75) is 32.2 Å². The average Bonchev–Trinajstić information content (AvgIpc) is 3.41. The van der Waals surface area contributed by atoms with Crippen LogP contribution < -0.4 is 0 Å². The third kappa shape index (κ3) is 4.13. The van der Waals surface area contributed by atoms with Gasteiger partial charge in [0.05, 0.1) is 11.7 Å². The summed E-state index contributed by atoms with van der Waals surface area (Å²) in [5, 5.41) is 11.8. The summed E-state index contributed by atoms with van der Waals surface area (Å²) in [5.74, 6) is 2.44. The Morgan fingerprint density at radius 3 is 2.73 bits per heavy atom. The molecule has 1 saturated heterocycles. The van der Waals surface area contributed by atoms with Crippen LogP contribution in [0.3, 0.4) is 0 Å². The van der Waals surface area contributed by atoms with Crippen LogP contribution in [0, 0.1) is 0 Å². The fourth-order valence-corrected chi connectivity index (χ4v) is 6.32. The number of aryl methyl sites for hydroxylation is 1. The summed E-state index contributed by atoms with van der Waals surface area (Å²) in [4.78, 5) is 2.59. The van der Waals surface area contributed by atoms with Gasteiger partial charge in [-0.15, -0.1) is 16.4 Å². The molecule has 5 rings (SSSR count). The number of benzene rings is 2. The van der Waals surface area contributed by atoms with E-state index in [9.17, 15) is 0 Å². The molecule has 1 fully saturated rings. The second-order valence-corrected chi connectivity index (χ2v) is 10.4. The van der Waals surface area contributed by atoms with Gasteiger partial charge in [-0.25, -0.2) is 4.68 Å². The summed E-state index contributed by atoms with van der Waals surface area (Å²) < 4.78 is 4.83. The van der Waals surface area contributed by atoms with Crippen molar-refractivity contribution in [2.24, 2.45) is 0 Å². The van der Waals surface area contributed by atoms with Crippen molar-refractivity contribution in [3.8, 4) is 0 Å². The van der Waals surface area contributed by atoms with Gasteiger partial charge < -0.3 is 0 Å². The number of hydrogen-bond acceptors (Lipinski definition) is 5. The van der Waals surface area contributed by atoms with Crippen LogP contribution >= 0.6 is 23.1 Å². The molecule has 1 unspecified atom stereocenters. The SMILES string of the molecule is CCCCc1cn(C(CN2CCSCC2)c2ccc3sc4ccccc4c3c2)nn1. The highest BCUT2D eigenvalue weighted by molar-refractivity contribution is 7.99. The first kappa shape index (κ1) is 20.0. The lowest BCUT2D eigenvalue weighted by Gasteiger charge is -2.30. The molecule has 3 heterocycles. The average molecular weight is 437 g/mol. The monoisotopic (exact) mass is 436 g/mol. The van der Waals surface area contributed by atoms with E-state index in [2.05, 4.69) is 87.2 Å². The van der Waals surface area contributed by atoms with Gasteiger partial charge in [0.1, 0.15) is 0 Å². The van der Waals surface area contributed by atoms with Crippen molar-refractivity contribution >= 4 is 43.3 Å². The van der Waals surface area contributed by atoms with E-state index in [1.807, 2.05) is 11.3 Å². The molecule has 1 aliphatic rings. The number of nitrogens with zero attached hydrogens (tertiary/aromatic N) is 4. The molecule has 156 valence electrons. The van der Waals surface area contributed by atoms with E-state index < -0.39 is 0 Å². The molecule has 0 N–H and O–H groups in total. The molecular formula is C24H28N4S2. The van der Waals surface area contributed by atoms with Crippen LogP contribution in [0.5, 0.6) is 0 Å². The Bertz CT molecular complexity index is 1130. The molecular weight excluding hydrogens is 408 g/mol. The maximum atomic E-state index is 4.58. The van der Waals surface area contributed by atoms with Crippen LogP contribution in [0.1, 0.15) is 37.1 Å². The highest BCUT2D eigenvalue weighted by atomic mass is 32.2. The molecule has 1 atom stereocenters. The lowest BCUT2D eigenvalue weighted by molar-refractivity contribution is 0.260. The van der Waals surface area contributed by atoms with E-state index >= 15 is 0 Å². The molecule has 4 nitrogen and oxygen atoms in total. The van der Waals surface area contributed by atoms with Crippen LogP contribution in [0.2, 0.25) is 0 Å². The molecule has 0 spiro atoms. The van der Waals surface area contributed by atoms with E-state index in [0.29, 0.717) is 0 Å². The maximum absolute atomic E-state index is 4.58. The zero-order chi connectivity index (χ0) is 20.3. The molecule has 0 amide bonds. The third-order valence-corrected chi connectivity index (χ3v) is 8.08. The van der Waals surface area contributed by atoms with Gasteiger partial charge in [-0.05, 0) is 36.6 Å². The minimum Gasteiger partial charge on any atom is -0.299 e. The van der Waals surface area contributed by atoms with Gasteiger partial charge in [-0.3, -0.25) is 4.90 Å². The summed E-state index contributed by atoms with van der Waals surface area (Å²) in [5.41, 5.74) is 2.44. The second kappa shape index (κ2) is 9.08. The van der Waals surface area contributed by atoms with Crippen molar-refractivity contribution in [3.05, 3.63) is 59.9 Å². The zero-order valence-electron chi connectivity index (χ0n) is 17.5. The molecule has 6 heteroatoms. The molecule has 30 heavy (non-hydrogen) atoms. The van der Waals surface area contributed by atoms with E-state index in [-0.39, 0.29) is 6.04 Å². The standard InChI is InChI=1S/C24H28N4S2/c1-2-3-6-19-16-28(26-25-19)22(17-27-11-13-29-14-12-27)18-9-10-24-21(15-18)20-7-4-5-8-23(20)30-24/h4-5,7-10,15-16,22H,2-3,6,11-14,17H2,1H3. The van der Waals surface area contributed by atoms with Crippen molar-refractivity contribution in [1.82, 2.24) is 19.9 Å². The molecule has 2 aromatic heterocycles. The highest BCUT2D eigenvalue weighted by Crippen LogP contribution is 2.35. The van der Waals surface area contributed by atoms with Gasteiger partial charge in [0.15, 0.2) is 0 Å². The predicted octanol–water partition coefficient (Wildman–Crippen LogP) is 5.63. The second-order valence-electron chi connectivity index (χ2n) is 8.08. The summed E-state index contributed by atoms with van der Waals surface area (Å²) in [6, 6.07) is 15.9. The van der Waals surface area contributed by atoms with Crippen LogP contribution in [0.25, 0.3) is 20.2 Å². The fourth-order valence-electron chi connectivity index (χ4n) is 4.26. The summed E-state index contributed by atoms with van der Waals surface area (Å²) in [6.07, 6.45) is 5.54. The molecule has 4 aromatic rings. The first-order valence-electron chi connectivity index (χ1n) is 10.9. The Labute approximate surface area is 186 Å². The molecule has 2 aromatic carbocycles. The Morgan fingerprint density at radius 2 is 1.87 bits per heavy atom. The van der Waals surface area contributed by atoms with Gasteiger partial charge in [0.25, 0.3) is 0 Å². The third-order valence-electron chi connectivity index (χ3n) is 5.98. The molecule has 0 aliphatic carbocycles. The number of hydrogen-bond donors (Lipinski definition) is 0. The number of rotatable bonds is 7. The highest BCUT2D eigenvalue weighted by Gasteiger charge is 2.22. The summed E-state index contributed by atoms with van der Waals surface area (Å²) in [6.45, 7) is 5.52. The lowest BCUT2D eigenvalue weighted by atomic mass is 10.0. The van der Waals surface area contributed by atoms with Crippen LogP contribution in [-0.4, -0.2) is 51.0 Å². The van der Waals surface area contributed by atoms with Crippen molar-refractivity contribution in [3.63, 3.8) is 0 Å². The van der Waals surface area contributed by atoms with E-state index in [1.54, 1.807) is 0 Å². The van der Waals surface area contributed by atoms with E-state index in [4.69, 9.17) is 0 Å². The number of fused-ring (bicyclic) bond motifs is 3. The molecule has 0 bridgehead atoms. The van der Waals surface area contributed by atoms with Crippen LogP contribution in [0.4, 0.5) is 0 Å².